The highest BCUT2D eigenvalue weighted by atomic mass is 17.1. The first-order valence-corrected chi connectivity index (χ1v) is 5.02. The van der Waals surface area contributed by atoms with Gasteiger partial charge in [0.25, 0.3) is 0 Å². The summed E-state index contributed by atoms with van der Waals surface area (Å²) in [5.74, 6) is -2.13. The van der Waals surface area contributed by atoms with Gasteiger partial charge in [0, 0.05) is 0 Å². The van der Waals surface area contributed by atoms with Crippen LogP contribution in [-0.4, -0.2) is 22.5 Å². The number of hydrogen-bond acceptors (Lipinski definition) is 6. The van der Waals surface area contributed by atoms with Crippen molar-refractivity contribution in [1.29, 1.82) is 0 Å². The van der Waals surface area contributed by atoms with Crippen LogP contribution in [0, 0.1) is 16.7 Å². The van der Waals surface area contributed by atoms with Crippen molar-refractivity contribution < 1.29 is 29.9 Å². The molecule has 0 saturated heterocycles. The van der Waals surface area contributed by atoms with Crippen LogP contribution in [0.4, 0.5) is 0 Å². The van der Waals surface area contributed by atoms with Gasteiger partial charge in [-0.3, -0.25) is 0 Å². The molecular weight excluding hydrogens is 216 g/mol. The normalized spacial score (nSPS) is 32.2. The zero-order valence-corrected chi connectivity index (χ0v) is 9.52. The van der Waals surface area contributed by atoms with Crippen LogP contribution in [0.1, 0.15) is 33.6 Å². The van der Waals surface area contributed by atoms with E-state index >= 15 is 0 Å². The molecule has 92 valence electrons. The molecule has 0 bridgehead atoms. The van der Waals surface area contributed by atoms with Crippen molar-refractivity contribution in [3.63, 3.8) is 0 Å². The molecule has 0 amide bonds. The van der Waals surface area contributed by atoms with E-state index in [0.717, 1.165) is 0 Å². The van der Waals surface area contributed by atoms with Crippen LogP contribution in [-0.2, 0) is 19.4 Å². The second kappa shape index (κ2) is 4.03. The summed E-state index contributed by atoms with van der Waals surface area (Å²) in [7, 11) is 0. The Morgan fingerprint density at radius 1 is 1.19 bits per heavy atom. The number of hydrogen-bond donors (Lipinski definition) is 2. The second-order valence-electron chi connectivity index (χ2n) is 4.93. The van der Waals surface area contributed by atoms with Gasteiger partial charge in [-0.2, -0.15) is 10.5 Å². The van der Waals surface area contributed by atoms with E-state index < -0.39 is 28.7 Å². The Morgan fingerprint density at radius 3 is 2.19 bits per heavy atom. The Labute approximate surface area is 93.0 Å². The molecule has 0 spiro atoms. The Balaban J connectivity index is 3.03. The summed E-state index contributed by atoms with van der Waals surface area (Å²) in [5.41, 5.74) is -1.73. The maximum atomic E-state index is 11.5. The van der Waals surface area contributed by atoms with E-state index in [1.165, 1.54) is 0 Å². The van der Waals surface area contributed by atoms with Crippen molar-refractivity contribution in [3.8, 4) is 0 Å². The smallest absolute Gasteiger partial charge is 0.301 e. The third kappa shape index (κ3) is 1.58. The van der Waals surface area contributed by atoms with Crippen LogP contribution < -0.4 is 0 Å². The van der Waals surface area contributed by atoms with Crippen LogP contribution in [0.3, 0.4) is 0 Å². The van der Waals surface area contributed by atoms with E-state index in [4.69, 9.17) is 10.5 Å². The Morgan fingerprint density at radius 2 is 1.75 bits per heavy atom. The minimum absolute atomic E-state index is 0.388. The Kier molecular flexibility index (Phi) is 3.25. The summed E-state index contributed by atoms with van der Waals surface area (Å²) in [6, 6.07) is 0. The summed E-state index contributed by atoms with van der Waals surface area (Å²) < 4.78 is 0. The molecule has 0 aromatic rings. The quantitative estimate of drug-likeness (QED) is 0.553. The van der Waals surface area contributed by atoms with Gasteiger partial charge in [0.05, 0.1) is 11.3 Å². The monoisotopic (exact) mass is 232 g/mol. The third-order valence-electron chi connectivity index (χ3n) is 4.13. The fourth-order valence-corrected chi connectivity index (χ4v) is 2.44. The molecule has 0 aliphatic heterocycles. The van der Waals surface area contributed by atoms with Crippen molar-refractivity contribution in [3.05, 3.63) is 0 Å². The first-order chi connectivity index (χ1) is 7.31. The average Bonchev–Trinajstić information content (AvgIpc) is 2.49. The van der Waals surface area contributed by atoms with Crippen molar-refractivity contribution in [2.45, 2.75) is 33.6 Å². The van der Waals surface area contributed by atoms with Crippen LogP contribution in [0.5, 0.6) is 0 Å². The van der Waals surface area contributed by atoms with Gasteiger partial charge in [-0.1, -0.05) is 13.8 Å². The minimum Gasteiger partial charge on any atom is -0.301 e. The SMILES string of the molecule is CC1(C(=O)OO)CCC(C(=O)OO)C1(C)C. The molecule has 16 heavy (non-hydrogen) atoms. The van der Waals surface area contributed by atoms with Crippen LogP contribution >= 0.6 is 0 Å². The van der Waals surface area contributed by atoms with Crippen molar-refractivity contribution in [2.24, 2.45) is 16.7 Å². The molecule has 1 fully saturated rings. The zero-order valence-electron chi connectivity index (χ0n) is 9.52. The molecule has 1 rings (SSSR count). The van der Waals surface area contributed by atoms with E-state index in [-0.39, 0.29) is 0 Å². The molecule has 2 N–H and O–H groups in total. The summed E-state index contributed by atoms with van der Waals surface area (Å²) in [6.07, 6.45) is 0.789. The maximum Gasteiger partial charge on any atom is 0.348 e. The molecule has 0 heterocycles. The van der Waals surface area contributed by atoms with Gasteiger partial charge in [-0.05, 0) is 25.2 Å². The van der Waals surface area contributed by atoms with Crippen LogP contribution in [0.15, 0.2) is 0 Å². The molecular formula is C10H16O6. The molecule has 0 aromatic heterocycles. The van der Waals surface area contributed by atoms with Crippen molar-refractivity contribution in [1.82, 2.24) is 0 Å². The topological polar surface area (TPSA) is 93.1 Å². The van der Waals surface area contributed by atoms with E-state index in [0.29, 0.717) is 12.8 Å². The number of carbonyl (C=O) groups excluding carboxylic acids is 2. The van der Waals surface area contributed by atoms with E-state index in [1.807, 2.05) is 0 Å². The molecule has 2 atom stereocenters. The summed E-state index contributed by atoms with van der Waals surface area (Å²) in [5, 5.41) is 16.8. The lowest BCUT2D eigenvalue weighted by Gasteiger charge is -2.37. The zero-order chi connectivity index (χ0) is 12.6. The van der Waals surface area contributed by atoms with Gasteiger partial charge in [0.2, 0.25) is 0 Å². The molecule has 1 saturated carbocycles. The summed E-state index contributed by atoms with van der Waals surface area (Å²) >= 11 is 0. The molecule has 0 aromatic carbocycles. The summed E-state index contributed by atoms with van der Waals surface area (Å²) in [6.45, 7) is 5.03. The molecule has 6 nitrogen and oxygen atoms in total. The fourth-order valence-electron chi connectivity index (χ4n) is 2.44. The minimum atomic E-state index is -0.972. The molecule has 2 unspecified atom stereocenters. The maximum absolute atomic E-state index is 11.5. The van der Waals surface area contributed by atoms with Gasteiger partial charge in [0.1, 0.15) is 0 Å². The highest BCUT2D eigenvalue weighted by molar-refractivity contribution is 5.81. The van der Waals surface area contributed by atoms with Gasteiger partial charge in [-0.25, -0.2) is 9.59 Å². The van der Waals surface area contributed by atoms with Gasteiger partial charge >= 0.3 is 11.9 Å². The van der Waals surface area contributed by atoms with Gasteiger partial charge in [0.15, 0.2) is 0 Å². The lowest BCUT2D eigenvalue weighted by atomic mass is 9.66. The highest BCUT2D eigenvalue weighted by Gasteiger charge is 2.60. The fraction of sp³-hybridized carbons (Fsp3) is 0.800. The first-order valence-electron chi connectivity index (χ1n) is 5.02. The standard InChI is InChI=1S/C10H16O6/c1-9(2)6(7(11)15-13)4-5-10(9,3)8(12)16-14/h6,13-14H,4-5H2,1-3H3. The van der Waals surface area contributed by atoms with Crippen molar-refractivity contribution in [2.75, 3.05) is 0 Å². The number of rotatable bonds is 2. The summed E-state index contributed by atoms with van der Waals surface area (Å²) in [4.78, 5) is 30.4. The second-order valence-corrected chi connectivity index (χ2v) is 4.93. The van der Waals surface area contributed by atoms with Gasteiger partial charge in [-0.15, -0.1) is 0 Å². The third-order valence-corrected chi connectivity index (χ3v) is 4.13. The van der Waals surface area contributed by atoms with E-state index in [9.17, 15) is 9.59 Å². The highest BCUT2D eigenvalue weighted by Crippen LogP contribution is 2.56. The lowest BCUT2D eigenvalue weighted by molar-refractivity contribution is -0.253. The predicted octanol–water partition coefficient (Wildman–Crippen LogP) is 1.46. The average molecular weight is 232 g/mol. The van der Waals surface area contributed by atoms with Crippen LogP contribution in [0.25, 0.3) is 0 Å². The van der Waals surface area contributed by atoms with E-state index in [1.54, 1.807) is 20.8 Å². The molecule has 1 aliphatic carbocycles. The molecule has 1 aliphatic rings. The van der Waals surface area contributed by atoms with Crippen molar-refractivity contribution >= 4 is 11.9 Å². The lowest BCUT2D eigenvalue weighted by Crippen LogP contribution is -2.43. The van der Waals surface area contributed by atoms with E-state index in [2.05, 4.69) is 9.78 Å². The molecule has 6 heteroatoms. The van der Waals surface area contributed by atoms with Gasteiger partial charge < -0.3 is 9.78 Å². The Bertz CT molecular complexity index is 310. The molecule has 0 radical (unpaired) electrons. The predicted molar refractivity (Wildman–Crippen MR) is 52.1 cm³/mol. The number of carbonyl (C=O) groups is 2. The van der Waals surface area contributed by atoms with Crippen LogP contribution in [0.2, 0.25) is 0 Å². The largest absolute Gasteiger partial charge is 0.348 e. The first kappa shape index (κ1) is 12.9. The Hall–Kier alpha value is -1.14.